The number of rotatable bonds is 5. The molecule has 0 radical (unpaired) electrons. The van der Waals surface area contributed by atoms with Crippen molar-refractivity contribution in [1.82, 2.24) is 0 Å². The molecule has 3 nitrogen and oxygen atoms in total. The van der Waals surface area contributed by atoms with Gasteiger partial charge in [-0.25, -0.2) is 4.79 Å². The summed E-state index contributed by atoms with van der Waals surface area (Å²) in [6, 6.07) is 0. The molecule has 0 atom stereocenters. The predicted molar refractivity (Wildman–Crippen MR) is 46.8 cm³/mol. The van der Waals surface area contributed by atoms with E-state index < -0.39 is 0 Å². The van der Waals surface area contributed by atoms with Gasteiger partial charge in [0.25, 0.3) is 0 Å². The number of carbonyl (C=O) groups is 1. The third kappa shape index (κ3) is 7.02. The zero-order chi connectivity index (χ0) is 9.23. The lowest BCUT2D eigenvalue weighted by atomic mass is 10.4. The minimum Gasteiger partial charge on any atom is -0.463 e. The first-order chi connectivity index (χ1) is 5.81. The highest BCUT2D eigenvalue weighted by atomic mass is 16.5. The Morgan fingerprint density at radius 1 is 1.42 bits per heavy atom. The number of methoxy groups -OCH3 is 1. The number of esters is 1. The van der Waals surface area contributed by atoms with E-state index >= 15 is 0 Å². The molecule has 0 spiro atoms. The monoisotopic (exact) mass is 170 g/mol. The second-order valence-corrected chi connectivity index (χ2v) is 1.99. The maximum Gasteiger partial charge on any atom is 0.330 e. The normalized spacial score (nSPS) is 11.2. The Bertz CT molecular complexity index is 171. The molecule has 0 N–H and O–H groups in total. The van der Waals surface area contributed by atoms with Crippen LogP contribution in [0.15, 0.2) is 24.3 Å². The number of allylic oxidation sites excluding steroid dienone is 2. The smallest absolute Gasteiger partial charge is 0.330 e. The van der Waals surface area contributed by atoms with E-state index in [-0.39, 0.29) is 5.97 Å². The summed E-state index contributed by atoms with van der Waals surface area (Å²) >= 11 is 0. The van der Waals surface area contributed by atoms with Gasteiger partial charge in [0.1, 0.15) is 0 Å². The van der Waals surface area contributed by atoms with Crippen molar-refractivity contribution in [2.24, 2.45) is 0 Å². The standard InChI is InChI=1S/C9H14O3/c1-3-12-9(10)7-5-4-6-8-11-2/h4-7H,3,8H2,1-2H3/b6-4+,7-5+. The maximum absolute atomic E-state index is 10.7. The molecule has 3 heteroatoms. The molecule has 0 aliphatic heterocycles. The van der Waals surface area contributed by atoms with E-state index in [9.17, 15) is 4.79 Å². The van der Waals surface area contributed by atoms with Crippen molar-refractivity contribution >= 4 is 5.97 Å². The van der Waals surface area contributed by atoms with Gasteiger partial charge >= 0.3 is 5.97 Å². The summed E-state index contributed by atoms with van der Waals surface area (Å²) in [5.41, 5.74) is 0. The van der Waals surface area contributed by atoms with Crippen LogP contribution in [0.2, 0.25) is 0 Å². The van der Waals surface area contributed by atoms with Crippen molar-refractivity contribution < 1.29 is 14.3 Å². The minimum absolute atomic E-state index is 0.320. The van der Waals surface area contributed by atoms with Crippen molar-refractivity contribution in [1.29, 1.82) is 0 Å². The van der Waals surface area contributed by atoms with Crippen LogP contribution >= 0.6 is 0 Å². The lowest BCUT2D eigenvalue weighted by Crippen LogP contribution is -1.98. The topological polar surface area (TPSA) is 35.5 Å². The molecule has 0 bridgehead atoms. The quantitative estimate of drug-likeness (QED) is 0.354. The average molecular weight is 170 g/mol. The molecule has 0 aliphatic rings. The molecule has 0 saturated carbocycles. The summed E-state index contributed by atoms with van der Waals surface area (Å²) in [4.78, 5) is 10.7. The molecule has 12 heavy (non-hydrogen) atoms. The highest BCUT2D eigenvalue weighted by molar-refractivity contribution is 5.82. The van der Waals surface area contributed by atoms with Gasteiger partial charge in [0.2, 0.25) is 0 Å². The van der Waals surface area contributed by atoms with E-state index in [2.05, 4.69) is 4.74 Å². The number of hydrogen-bond donors (Lipinski definition) is 0. The zero-order valence-corrected chi connectivity index (χ0v) is 7.45. The van der Waals surface area contributed by atoms with Crippen molar-refractivity contribution in [2.75, 3.05) is 20.3 Å². The number of ether oxygens (including phenoxy) is 2. The van der Waals surface area contributed by atoms with E-state index in [0.717, 1.165) is 0 Å². The molecule has 0 aliphatic carbocycles. The second-order valence-electron chi connectivity index (χ2n) is 1.99. The van der Waals surface area contributed by atoms with Gasteiger partial charge < -0.3 is 9.47 Å². The molecular weight excluding hydrogens is 156 g/mol. The summed E-state index contributed by atoms with van der Waals surface area (Å²) in [7, 11) is 1.61. The molecule has 68 valence electrons. The van der Waals surface area contributed by atoms with Gasteiger partial charge in [-0.3, -0.25) is 0 Å². The Hall–Kier alpha value is -1.09. The maximum atomic E-state index is 10.7. The highest BCUT2D eigenvalue weighted by Crippen LogP contribution is 1.83. The zero-order valence-electron chi connectivity index (χ0n) is 7.45. The fourth-order valence-corrected chi connectivity index (χ4v) is 0.555. The van der Waals surface area contributed by atoms with Gasteiger partial charge in [-0.15, -0.1) is 0 Å². The average Bonchev–Trinajstić information content (AvgIpc) is 2.05. The molecule has 0 unspecified atom stereocenters. The molecular formula is C9H14O3. The molecule has 0 aromatic carbocycles. The lowest BCUT2D eigenvalue weighted by Gasteiger charge is -1.92. The molecule has 0 rings (SSSR count). The van der Waals surface area contributed by atoms with Gasteiger partial charge in [-0.05, 0) is 6.92 Å². The molecule has 0 aromatic heterocycles. The van der Waals surface area contributed by atoms with Crippen LogP contribution in [0.5, 0.6) is 0 Å². The van der Waals surface area contributed by atoms with Crippen molar-refractivity contribution in [2.45, 2.75) is 6.92 Å². The van der Waals surface area contributed by atoms with Crippen LogP contribution in [0.1, 0.15) is 6.92 Å². The number of carbonyl (C=O) groups excluding carboxylic acids is 1. The Balaban J connectivity index is 3.53. The number of hydrogen-bond acceptors (Lipinski definition) is 3. The SMILES string of the molecule is CCOC(=O)/C=C/C=C/COC. The first-order valence-electron chi connectivity index (χ1n) is 3.80. The third-order valence-electron chi connectivity index (χ3n) is 1.03. The van der Waals surface area contributed by atoms with E-state index in [0.29, 0.717) is 13.2 Å². The summed E-state index contributed by atoms with van der Waals surface area (Å²) in [6.07, 6.45) is 6.53. The Morgan fingerprint density at radius 2 is 2.17 bits per heavy atom. The Labute approximate surface area is 72.7 Å². The van der Waals surface area contributed by atoms with Gasteiger partial charge in [0, 0.05) is 13.2 Å². The fourth-order valence-electron chi connectivity index (χ4n) is 0.555. The van der Waals surface area contributed by atoms with Crippen LogP contribution in [0.3, 0.4) is 0 Å². The summed E-state index contributed by atoms with van der Waals surface area (Å²) < 4.78 is 9.42. The van der Waals surface area contributed by atoms with Crippen LogP contribution in [0, 0.1) is 0 Å². The fraction of sp³-hybridized carbons (Fsp3) is 0.444. The molecule has 0 amide bonds. The van der Waals surface area contributed by atoms with Crippen LogP contribution in [0.4, 0.5) is 0 Å². The minimum atomic E-state index is -0.320. The van der Waals surface area contributed by atoms with Crippen LogP contribution in [-0.2, 0) is 14.3 Å². The van der Waals surface area contributed by atoms with Gasteiger partial charge in [0.05, 0.1) is 13.2 Å². The predicted octanol–water partition coefficient (Wildman–Crippen LogP) is 1.31. The van der Waals surface area contributed by atoms with Gasteiger partial charge in [-0.1, -0.05) is 18.2 Å². The first kappa shape index (κ1) is 10.9. The van der Waals surface area contributed by atoms with Gasteiger partial charge in [0.15, 0.2) is 0 Å². The van der Waals surface area contributed by atoms with Crippen LogP contribution in [0.25, 0.3) is 0 Å². The first-order valence-corrected chi connectivity index (χ1v) is 3.80. The summed E-state index contributed by atoms with van der Waals surface area (Å²) in [5.74, 6) is -0.320. The molecule has 0 saturated heterocycles. The van der Waals surface area contributed by atoms with E-state index in [1.165, 1.54) is 6.08 Å². The summed E-state index contributed by atoms with van der Waals surface area (Å²) in [6.45, 7) is 2.73. The van der Waals surface area contributed by atoms with Gasteiger partial charge in [-0.2, -0.15) is 0 Å². The van der Waals surface area contributed by atoms with Crippen LogP contribution in [-0.4, -0.2) is 26.3 Å². The second kappa shape index (κ2) is 8.01. The van der Waals surface area contributed by atoms with E-state index in [1.54, 1.807) is 32.3 Å². The van der Waals surface area contributed by atoms with Crippen molar-refractivity contribution in [3.05, 3.63) is 24.3 Å². The Kier molecular flexibility index (Phi) is 7.28. The molecule has 0 fully saturated rings. The molecule has 0 aromatic rings. The van der Waals surface area contributed by atoms with Crippen LogP contribution < -0.4 is 0 Å². The van der Waals surface area contributed by atoms with E-state index in [1.807, 2.05) is 0 Å². The highest BCUT2D eigenvalue weighted by Gasteiger charge is 1.89. The molecule has 0 heterocycles. The van der Waals surface area contributed by atoms with E-state index in [4.69, 9.17) is 4.74 Å². The summed E-state index contributed by atoms with van der Waals surface area (Å²) in [5, 5.41) is 0. The lowest BCUT2D eigenvalue weighted by molar-refractivity contribution is -0.137. The largest absolute Gasteiger partial charge is 0.463 e. The Morgan fingerprint density at radius 3 is 2.75 bits per heavy atom. The van der Waals surface area contributed by atoms with Crippen molar-refractivity contribution in [3.63, 3.8) is 0 Å². The van der Waals surface area contributed by atoms with Crippen molar-refractivity contribution in [3.8, 4) is 0 Å². The third-order valence-corrected chi connectivity index (χ3v) is 1.03.